The molecule has 1 heterocycles. The van der Waals surface area contributed by atoms with E-state index in [9.17, 15) is 13.2 Å². The van der Waals surface area contributed by atoms with Crippen LogP contribution in [0.5, 0.6) is 0 Å². The van der Waals surface area contributed by atoms with Crippen LogP contribution >= 0.6 is 0 Å². The summed E-state index contributed by atoms with van der Waals surface area (Å²) >= 11 is 0. The first-order valence-corrected chi connectivity index (χ1v) is 4.59. The summed E-state index contributed by atoms with van der Waals surface area (Å²) in [6, 6.07) is 1.08. The lowest BCUT2D eigenvalue weighted by Gasteiger charge is -2.18. The number of hydrogen-bond donors (Lipinski definition) is 0. The van der Waals surface area contributed by atoms with E-state index in [1.807, 2.05) is 6.92 Å². The molecule has 5 heteroatoms. The Kier molecular flexibility index (Phi) is 3.21. The third-order valence-corrected chi connectivity index (χ3v) is 2.12. The molecule has 0 saturated heterocycles. The molecule has 1 aromatic rings. The molecule has 2 nitrogen and oxygen atoms in total. The lowest BCUT2D eigenvalue weighted by molar-refractivity contribution is -0.141. The van der Waals surface area contributed by atoms with Crippen molar-refractivity contribution < 1.29 is 13.2 Å². The zero-order chi connectivity index (χ0) is 11.6. The largest absolute Gasteiger partial charge is 0.433 e. The van der Waals surface area contributed by atoms with Crippen LogP contribution in [0.4, 0.5) is 18.9 Å². The van der Waals surface area contributed by atoms with E-state index < -0.39 is 11.9 Å². The van der Waals surface area contributed by atoms with Crippen molar-refractivity contribution in [3.63, 3.8) is 0 Å². The highest BCUT2D eigenvalue weighted by molar-refractivity contribution is 5.52. The van der Waals surface area contributed by atoms with Crippen LogP contribution in [0.1, 0.15) is 18.2 Å². The summed E-state index contributed by atoms with van der Waals surface area (Å²) in [5.74, 6) is 0. The average molecular weight is 218 g/mol. The normalized spacial score (nSPS) is 11.6. The van der Waals surface area contributed by atoms with E-state index >= 15 is 0 Å². The van der Waals surface area contributed by atoms with Crippen LogP contribution in [-0.4, -0.2) is 19.1 Å². The zero-order valence-corrected chi connectivity index (χ0v) is 8.89. The zero-order valence-electron chi connectivity index (χ0n) is 8.89. The van der Waals surface area contributed by atoms with Crippen molar-refractivity contribution in [2.75, 3.05) is 19.0 Å². The fraction of sp³-hybridized carbons (Fsp3) is 0.500. The maximum atomic E-state index is 12.4. The van der Waals surface area contributed by atoms with Crippen LogP contribution in [0, 0.1) is 0 Å². The van der Waals surface area contributed by atoms with Gasteiger partial charge in [-0.2, -0.15) is 13.2 Å². The third-order valence-electron chi connectivity index (χ3n) is 2.12. The molecule has 0 fully saturated rings. The first-order valence-electron chi connectivity index (χ1n) is 4.59. The van der Waals surface area contributed by atoms with Crippen LogP contribution in [-0.2, 0) is 12.6 Å². The number of aryl methyl sites for hydroxylation is 1. The molecule has 0 amide bonds. The van der Waals surface area contributed by atoms with E-state index in [2.05, 4.69) is 4.98 Å². The number of pyridine rings is 1. The number of aromatic nitrogens is 1. The SMILES string of the molecule is CCc1cnc(C(F)(F)F)cc1N(C)C. The molecule has 0 aliphatic heterocycles. The molecule has 0 aromatic carbocycles. The quantitative estimate of drug-likeness (QED) is 0.758. The van der Waals surface area contributed by atoms with Gasteiger partial charge in [0.15, 0.2) is 0 Å². The highest BCUT2D eigenvalue weighted by Gasteiger charge is 2.33. The molecule has 0 bridgehead atoms. The van der Waals surface area contributed by atoms with Crippen molar-refractivity contribution in [2.45, 2.75) is 19.5 Å². The molecule has 0 atom stereocenters. The van der Waals surface area contributed by atoms with Gasteiger partial charge < -0.3 is 4.90 Å². The van der Waals surface area contributed by atoms with Gasteiger partial charge in [0.05, 0.1) is 0 Å². The lowest BCUT2D eigenvalue weighted by atomic mass is 10.1. The Balaban J connectivity index is 3.22. The van der Waals surface area contributed by atoms with Gasteiger partial charge in [0, 0.05) is 26.0 Å². The average Bonchev–Trinajstić information content (AvgIpc) is 2.15. The first-order chi connectivity index (χ1) is 6.86. The van der Waals surface area contributed by atoms with Gasteiger partial charge in [-0.05, 0) is 18.1 Å². The van der Waals surface area contributed by atoms with Gasteiger partial charge in [-0.25, -0.2) is 0 Å². The minimum absolute atomic E-state index is 0.569. The van der Waals surface area contributed by atoms with Crippen molar-refractivity contribution >= 4 is 5.69 Å². The molecule has 0 saturated carbocycles. The fourth-order valence-electron chi connectivity index (χ4n) is 1.32. The summed E-state index contributed by atoms with van der Waals surface area (Å²) in [5, 5.41) is 0. The maximum absolute atomic E-state index is 12.4. The minimum Gasteiger partial charge on any atom is -0.377 e. The topological polar surface area (TPSA) is 16.1 Å². The standard InChI is InChI=1S/C10H13F3N2/c1-4-7-6-14-9(10(11,12)13)5-8(7)15(2)3/h5-6H,4H2,1-3H3. The van der Waals surface area contributed by atoms with Gasteiger partial charge in [-0.1, -0.05) is 6.92 Å². The van der Waals surface area contributed by atoms with Gasteiger partial charge in [0.1, 0.15) is 5.69 Å². The summed E-state index contributed by atoms with van der Waals surface area (Å²) in [6.45, 7) is 1.89. The Bertz CT molecular complexity index is 345. The Labute approximate surface area is 86.7 Å². The molecule has 0 N–H and O–H groups in total. The first kappa shape index (κ1) is 11.8. The molecule has 0 unspecified atom stereocenters. The van der Waals surface area contributed by atoms with E-state index in [-0.39, 0.29) is 0 Å². The third kappa shape index (κ3) is 2.61. The molecule has 0 aliphatic carbocycles. The van der Waals surface area contributed by atoms with Crippen molar-refractivity contribution in [3.05, 3.63) is 23.5 Å². The summed E-state index contributed by atoms with van der Waals surface area (Å²) < 4.78 is 37.2. The van der Waals surface area contributed by atoms with E-state index in [1.54, 1.807) is 19.0 Å². The number of halogens is 3. The highest BCUT2D eigenvalue weighted by atomic mass is 19.4. The van der Waals surface area contributed by atoms with Crippen LogP contribution in [0.3, 0.4) is 0 Å². The van der Waals surface area contributed by atoms with Crippen LogP contribution < -0.4 is 4.90 Å². The molecular weight excluding hydrogens is 205 g/mol. The van der Waals surface area contributed by atoms with Crippen molar-refractivity contribution in [1.29, 1.82) is 0 Å². The lowest BCUT2D eigenvalue weighted by Crippen LogP contribution is -2.15. The second-order valence-electron chi connectivity index (χ2n) is 3.44. The molecule has 1 rings (SSSR count). The van der Waals surface area contributed by atoms with Crippen molar-refractivity contribution in [1.82, 2.24) is 4.98 Å². The summed E-state index contributed by atoms with van der Waals surface area (Å²) in [4.78, 5) is 5.07. The summed E-state index contributed by atoms with van der Waals surface area (Å²) in [6.07, 6.45) is -2.42. The Morgan fingerprint density at radius 3 is 2.33 bits per heavy atom. The van der Waals surface area contributed by atoms with Gasteiger partial charge in [-0.3, -0.25) is 4.98 Å². The number of anilines is 1. The predicted octanol–water partition coefficient (Wildman–Crippen LogP) is 2.73. The van der Waals surface area contributed by atoms with Crippen LogP contribution in [0.15, 0.2) is 12.3 Å². The monoisotopic (exact) mass is 218 g/mol. The summed E-state index contributed by atoms with van der Waals surface area (Å²) in [7, 11) is 3.43. The van der Waals surface area contributed by atoms with E-state index in [0.717, 1.165) is 11.6 Å². The molecule has 84 valence electrons. The number of hydrogen-bond acceptors (Lipinski definition) is 2. The molecule has 0 spiro atoms. The second kappa shape index (κ2) is 4.08. The van der Waals surface area contributed by atoms with Crippen molar-refractivity contribution in [2.24, 2.45) is 0 Å². The van der Waals surface area contributed by atoms with Crippen LogP contribution in [0.25, 0.3) is 0 Å². The second-order valence-corrected chi connectivity index (χ2v) is 3.44. The van der Waals surface area contributed by atoms with Gasteiger partial charge in [-0.15, -0.1) is 0 Å². The Morgan fingerprint density at radius 2 is 1.93 bits per heavy atom. The highest BCUT2D eigenvalue weighted by Crippen LogP contribution is 2.31. The number of nitrogens with zero attached hydrogens (tertiary/aromatic N) is 2. The Morgan fingerprint density at radius 1 is 1.33 bits per heavy atom. The van der Waals surface area contributed by atoms with E-state index in [0.29, 0.717) is 12.1 Å². The molecule has 1 aromatic heterocycles. The maximum Gasteiger partial charge on any atom is 0.433 e. The fourth-order valence-corrected chi connectivity index (χ4v) is 1.32. The van der Waals surface area contributed by atoms with E-state index in [4.69, 9.17) is 0 Å². The van der Waals surface area contributed by atoms with Gasteiger partial charge >= 0.3 is 6.18 Å². The van der Waals surface area contributed by atoms with Gasteiger partial charge in [0.2, 0.25) is 0 Å². The molecular formula is C10H13F3N2. The molecule has 0 radical (unpaired) electrons. The predicted molar refractivity (Wildman–Crippen MR) is 52.9 cm³/mol. The smallest absolute Gasteiger partial charge is 0.377 e. The minimum atomic E-state index is -4.38. The Hall–Kier alpha value is -1.26. The number of alkyl halides is 3. The van der Waals surface area contributed by atoms with Crippen molar-refractivity contribution in [3.8, 4) is 0 Å². The molecule has 15 heavy (non-hydrogen) atoms. The van der Waals surface area contributed by atoms with Crippen LogP contribution in [0.2, 0.25) is 0 Å². The summed E-state index contributed by atoms with van der Waals surface area (Å²) in [5.41, 5.74) is 0.538. The van der Waals surface area contributed by atoms with E-state index in [1.165, 1.54) is 6.20 Å². The van der Waals surface area contributed by atoms with Gasteiger partial charge in [0.25, 0.3) is 0 Å². The molecule has 0 aliphatic rings. The number of rotatable bonds is 2.